The lowest BCUT2D eigenvalue weighted by Crippen LogP contribution is -2.12. The van der Waals surface area contributed by atoms with E-state index in [-0.39, 0.29) is 6.10 Å². The van der Waals surface area contributed by atoms with Gasteiger partial charge in [0.2, 0.25) is 0 Å². The minimum atomic E-state index is 0.227. The Hall–Kier alpha value is -0.0800. The molecule has 0 radical (unpaired) electrons. The molecule has 0 heterocycles. The van der Waals surface area contributed by atoms with Crippen molar-refractivity contribution in [2.24, 2.45) is 11.8 Å². The molecule has 0 aromatic heterocycles. The molecule has 1 unspecified atom stereocenters. The first kappa shape index (κ1) is 21.9. The summed E-state index contributed by atoms with van der Waals surface area (Å²) in [5.74, 6) is 6.02. The fraction of sp³-hybridized carbons (Fsp3) is 1.00. The van der Waals surface area contributed by atoms with Crippen molar-refractivity contribution in [3.8, 4) is 0 Å². The maximum atomic E-state index is 5.14. The second-order valence-electron chi connectivity index (χ2n) is 7.51. The van der Waals surface area contributed by atoms with Crippen molar-refractivity contribution in [1.29, 1.82) is 0 Å². The smallest absolute Gasteiger partial charge is 0.0759 e. The van der Waals surface area contributed by atoms with Gasteiger partial charge in [0.15, 0.2) is 0 Å². The fourth-order valence-corrected chi connectivity index (χ4v) is 3.00. The highest BCUT2D eigenvalue weighted by atomic mass is 16.6. The summed E-state index contributed by atoms with van der Waals surface area (Å²) in [5, 5.41) is 0. The van der Waals surface area contributed by atoms with Gasteiger partial charge >= 0.3 is 0 Å². The van der Waals surface area contributed by atoms with E-state index >= 15 is 0 Å². The van der Waals surface area contributed by atoms with Crippen LogP contribution in [0.3, 0.4) is 0 Å². The van der Waals surface area contributed by atoms with E-state index in [1.165, 1.54) is 89.9 Å². The molecule has 2 nitrogen and oxygen atoms in total. The third-order valence-electron chi connectivity index (χ3n) is 4.62. The van der Waals surface area contributed by atoms with E-state index in [0.29, 0.717) is 0 Å². The summed E-state index contributed by atoms with van der Waals surface area (Å²) in [6.45, 7) is 6.70. The largest absolute Gasteiger partial charge is 0.302 e. The van der Waals surface area contributed by atoms with Crippen molar-refractivity contribution in [3.05, 3.63) is 0 Å². The molecule has 0 aliphatic carbocycles. The van der Waals surface area contributed by atoms with Crippen molar-refractivity contribution >= 4 is 0 Å². The normalized spacial score (nSPS) is 13.0. The molecule has 22 heavy (non-hydrogen) atoms. The van der Waals surface area contributed by atoms with Gasteiger partial charge in [-0.25, -0.2) is 5.90 Å². The zero-order valence-corrected chi connectivity index (χ0v) is 15.7. The Bertz CT molecular complexity index is 206. The summed E-state index contributed by atoms with van der Waals surface area (Å²) in [7, 11) is 0. The Morgan fingerprint density at radius 2 is 0.864 bits per heavy atom. The topological polar surface area (TPSA) is 35.2 Å². The lowest BCUT2D eigenvalue weighted by atomic mass is 10.0. The molecule has 0 saturated heterocycles. The van der Waals surface area contributed by atoms with Crippen LogP contribution >= 0.6 is 0 Å². The monoisotopic (exact) mass is 313 g/mol. The zero-order chi connectivity index (χ0) is 16.5. The van der Waals surface area contributed by atoms with E-state index in [4.69, 9.17) is 10.7 Å². The van der Waals surface area contributed by atoms with Gasteiger partial charge in [-0.1, -0.05) is 104 Å². The van der Waals surface area contributed by atoms with Gasteiger partial charge in [-0.2, -0.15) is 0 Å². The lowest BCUT2D eigenvalue weighted by molar-refractivity contribution is 0.0588. The lowest BCUT2D eigenvalue weighted by Gasteiger charge is -2.07. The van der Waals surface area contributed by atoms with E-state index in [0.717, 1.165) is 12.3 Å². The van der Waals surface area contributed by atoms with Crippen LogP contribution in [0, 0.1) is 5.92 Å². The SMILES string of the molecule is CC(C)CCCCCCCCCCCCCCCC(C)ON. The van der Waals surface area contributed by atoms with E-state index in [1.807, 2.05) is 6.92 Å². The first-order valence-corrected chi connectivity index (χ1v) is 10.0. The highest BCUT2D eigenvalue weighted by molar-refractivity contribution is 4.52. The summed E-state index contributed by atoms with van der Waals surface area (Å²) in [4.78, 5) is 4.77. The Morgan fingerprint density at radius 1 is 0.545 bits per heavy atom. The summed E-state index contributed by atoms with van der Waals surface area (Å²) >= 11 is 0. The molecule has 0 fully saturated rings. The minimum Gasteiger partial charge on any atom is -0.302 e. The molecule has 0 aromatic rings. The van der Waals surface area contributed by atoms with Crippen molar-refractivity contribution in [2.75, 3.05) is 0 Å². The van der Waals surface area contributed by atoms with E-state index in [2.05, 4.69) is 13.8 Å². The standard InChI is InChI=1S/C20H43NO/c1-19(2)17-15-13-11-9-7-5-4-6-8-10-12-14-16-18-20(3)22-21/h19-20H,4-18,21H2,1-3H3. The van der Waals surface area contributed by atoms with Gasteiger partial charge in [0, 0.05) is 0 Å². The maximum Gasteiger partial charge on any atom is 0.0759 e. The predicted molar refractivity (Wildman–Crippen MR) is 98.8 cm³/mol. The molecule has 0 aromatic carbocycles. The summed E-state index contributed by atoms with van der Waals surface area (Å²) in [6, 6.07) is 0. The second kappa shape index (κ2) is 17.3. The first-order valence-electron chi connectivity index (χ1n) is 10.0. The number of nitrogens with two attached hydrogens (primary N) is 1. The molecule has 0 amide bonds. The van der Waals surface area contributed by atoms with E-state index in [9.17, 15) is 0 Å². The van der Waals surface area contributed by atoms with E-state index < -0.39 is 0 Å². The van der Waals surface area contributed by atoms with Gasteiger partial charge in [0.1, 0.15) is 0 Å². The number of hydrogen-bond acceptors (Lipinski definition) is 2. The summed E-state index contributed by atoms with van der Waals surface area (Å²) in [5.41, 5.74) is 0. The molecule has 0 spiro atoms. The molecule has 0 bridgehead atoms. The quantitative estimate of drug-likeness (QED) is 0.237. The predicted octanol–water partition coefficient (Wildman–Crippen LogP) is 6.77. The molecule has 2 N–H and O–H groups in total. The van der Waals surface area contributed by atoms with Crippen LogP contribution in [0.2, 0.25) is 0 Å². The second-order valence-corrected chi connectivity index (χ2v) is 7.51. The van der Waals surface area contributed by atoms with Gasteiger partial charge in [-0.15, -0.1) is 0 Å². The molecular weight excluding hydrogens is 270 g/mol. The number of hydrogen-bond donors (Lipinski definition) is 1. The molecule has 0 rings (SSSR count). The minimum absolute atomic E-state index is 0.227. The highest BCUT2D eigenvalue weighted by Gasteiger charge is 1.99. The van der Waals surface area contributed by atoms with Crippen LogP contribution in [0.5, 0.6) is 0 Å². The highest BCUT2D eigenvalue weighted by Crippen LogP contribution is 2.14. The third kappa shape index (κ3) is 18.0. The summed E-state index contributed by atoms with van der Waals surface area (Å²) in [6.07, 6.45) is 21.2. The van der Waals surface area contributed by atoms with Crippen LogP contribution < -0.4 is 5.90 Å². The maximum absolute atomic E-state index is 5.14. The third-order valence-corrected chi connectivity index (χ3v) is 4.62. The average molecular weight is 314 g/mol. The van der Waals surface area contributed by atoms with E-state index in [1.54, 1.807) is 0 Å². The Morgan fingerprint density at radius 3 is 1.18 bits per heavy atom. The van der Waals surface area contributed by atoms with Crippen molar-refractivity contribution in [2.45, 2.75) is 123 Å². The molecular formula is C20H43NO. The number of rotatable bonds is 17. The van der Waals surface area contributed by atoms with Crippen LogP contribution in [0.15, 0.2) is 0 Å². The van der Waals surface area contributed by atoms with Gasteiger partial charge in [-0.3, -0.25) is 0 Å². The molecule has 0 aliphatic rings. The molecule has 2 heteroatoms. The average Bonchev–Trinajstić information content (AvgIpc) is 2.50. The van der Waals surface area contributed by atoms with Crippen molar-refractivity contribution in [3.63, 3.8) is 0 Å². The van der Waals surface area contributed by atoms with Crippen LogP contribution in [-0.4, -0.2) is 6.10 Å². The molecule has 0 saturated carbocycles. The Balaban J connectivity index is 3.00. The van der Waals surface area contributed by atoms with Gasteiger partial charge in [0.05, 0.1) is 6.10 Å². The van der Waals surface area contributed by atoms with Crippen molar-refractivity contribution in [1.82, 2.24) is 0 Å². The van der Waals surface area contributed by atoms with Crippen molar-refractivity contribution < 1.29 is 4.84 Å². The molecule has 134 valence electrons. The molecule has 1 atom stereocenters. The van der Waals surface area contributed by atoms with Gasteiger partial charge < -0.3 is 4.84 Å². The zero-order valence-electron chi connectivity index (χ0n) is 15.7. The summed E-state index contributed by atoms with van der Waals surface area (Å²) < 4.78 is 0. The van der Waals surface area contributed by atoms with Crippen LogP contribution in [0.1, 0.15) is 117 Å². The first-order chi connectivity index (χ1) is 10.7. The van der Waals surface area contributed by atoms with Crippen LogP contribution in [-0.2, 0) is 4.84 Å². The van der Waals surface area contributed by atoms with Crippen LogP contribution in [0.25, 0.3) is 0 Å². The van der Waals surface area contributed by atoms with Gasteiger partial charge in [0.25, 0.3) is 0 Å². The fourth-order valence-electron chi connectivity index (χ4n) is 3.00. The number of unbranched alkanes of at least 4 members (excludes halogenated alkanes) is 12. The van der Waals surface area contributed by atoms with Gasteiger partial charge in [-0.05, 0) is 19.3 Å². The molecule has 0 aliphatic heterocycles. The van der Waals surface area contributed by atoms with Crippen LogP contribution in [0.4, 0.5) is 0 Å². The Kier molecular flexibility index (Phi) is 17.2. The Labute approximate surface area is 140 Å².